The van der Waals surface area contributed by atoms with E-state index in [0.717, 1.165) is 0 Å². The normalized spacial score (nSPS) is 10.5. The van der Waals surface area contributed by atoms with Gasteiger partial charge in [0.25, 0.3) is 5.91 Å². The van der Waals surface area contributed by atoms with Gasteiger partial charge in [-0.1, -0.05) is 11.6 Å². The Morgan fingerprint density at radius 2 is 1.78 bits per heavy atom. The second-order valence-electron chi connectivity index (χ2n) is 3.37. The average molecular weight is 296 g/mol. The second kappa shape index (κ2) is 6.66. The van der Waals surface area contributed by atoms with Crippen molar-refractivity contribution in [3.63, 3.8) is 0 Å². The number of anilines is 1. The molecule has 0 spiro atoms. The van der Waals surface area contributed by atoms with Crippen molar-refractivity contribution >= 4 is 40.6 Å². The first-order valence-electron chi connectivity index (χ1n) is 4.88. The molecule has 0 aliphatic heterocycles. The lowest BCUT2D eigenvalue weighted by atomic mass is 10.2. The van der Waals surface area contributed by atoms with Gasteiger partial charge in [0.15, 0.2) is 5.78 Å². The van der Waals surface area contributed by atoms with Crippen LogP contribution in [0.3, 0.4) is 0 Å². The minimum atomic E-state index is -3.19. The van der Waals surface area contributed by atoms with Gasteiger partial charge in [-0.2, -0.15) is 8.78 Å². The third-order valence-corrected chi connectivity index (χ3v) is 2.62. The molecule has 0 saturated heterocycles. The van der Waals surface area contributed by atoms with Crippen LogP contribution in [-0.2, 0) is 9.59 Å². The summed E-state index contributed by atoms with van der Waals surface area (Å²) in [6.45, 7) is -0.492. The molecule has 0 unspecified atom stereocenters. The van der Waals surface area contributed by atoms with E-state index < -0.39 is 24.7 Å². The summed E-state index contributed by atoms with van der Waals surface area (Å²) >= 11 is 10.9. The fraction of sp³-hybridized carbons (Fsp3) is 0.273. The number of Topliss-reactive ketones (excluding diaryl/α,β-unsaturated/α-hetero) is 1. The lowest BCUT2D eigenvalue weighted by Crippen LogP contribution is -2.39. The van der Waals surface area contributed by atoms with Crippen molar-refractivity contribution in [1.29, 1.82) is 0 Å². The summed E-state index contributed by atoms with van der Waals surface area (Å²) in [6.07, 6.45) is -3.19. The second-order valence-corrected chi connectivity index (χ2v) is 4.08. The Kier molecular flexibility index (Phi) is 5.50. The van der Waals surface area contributed by atoms with Gasteiger partial charge >= 0.3 is 6.43 Å². The maximum absolute atomic E-state index is 12.4. The Morgan fingerprint density at radius 3 is 2.22 bits per heavy atom. The van der Waals surface area contributed by atoms with E-state index >= 15 is 0 Å². The van der Waals surface area contributed by atoms with Gasteiger partial charge in [0.2, 0.25) is 0 Å². The molecule has 0 saturated carbocycles. The van der Waals surface area contributed by atoms with Crippen molar-refractivity contribution in [2.45, 2.75) is 6.43 Å². The Hall–Kier alpha value is -1.20. The van der Waals surface area contributed by atoms with Crippen molar-refractivity contribution in [3.05, 3.63) is 29.3 Å². The van der Waals surface area contributed by atoms with Crippen LogP contribution >= 0.6 is 23.2 Å². The molecule has 0 aromatic heterocycles. The summed E-state index contributed by atoms with van der Waals surface area (Å²) in [5.74, 6) is -2.32. The maximum atomic E-state index is 12.4. The van der Waals surface area contributed by atoms with Crippen molar-refractivity contribution in [2.24, 2.45) is 0 Å². The van der Waals surface area contributed by atoms with Crippen LogP contribution in [0.25, 0.3) is 0 Å². The van der Waals surface area contributed by atoms with Gasteiger partial charge in [0.05, 0.1) is 12.4 Å². The highest BCUT2D eigenvalue weighted by Crippen LogP contribution is 2.19. The minimum Gasteiger partial charge on any atom is -0.300 e. The number of ketones is 1. The molecule has 0 heterocycles. The Balaban J connectivity index is 3.00. The predicted octanol–water partition coefficient (Wildman–Crippen LogP) is 2.75. The molecular weight excluding hydrogens is 287 g/mol. The van der Waals surface area contributed by atoms with Crippen LogP contribution in [0, 0.1) is 0 Å². The molecule has 1 amide bonds. The number of benzene rings is 1. The molecule has 1 rings (SSSR count). The number of alkyl halides is 3. The number of halogens is 4. The van der Waals surface area contributed by atoms with E-state index in [9.17, 15) is 18.4 Å². The lowest BCUT2D eigenvalue weighted by Gasteiger charge is -2.21. The molecular formula is C11H9Cl2F2NO2. The van der Waals surface area contributed by atoms with Crippen molar-refractivity contribution in [3.8, 4) is 0 Å². The van der Waals surface area contributed by atoms with Gasteiger partial charge in [-0.15, -0.1) is 11.6 Å². The quantitative estimate of drug-likeness (QED) is 0.783. The summed E-state index contributed by atoms with van der Waals surface area (Å²) in [4.78, 5) is 23.2. The highest BCUT2D eigenvalue weighted by atomic mass is 35.5. The standard InChI is InChI=1S/C11H9Cl2F2NO2/c12-5-9(17)6-16(11(18)10(14)15)8-3-1-7(13)2-4-8/h1-4,10H,5-6H2. The van der Waals surface area contributed by atoms with Crippen molar-refractivity contribution < 1.29 is 18.4 Å². The summed E-state index contributed by atoms with van der Waals surface area (Å²) in [6, 6.07) is 5.63. The smallest absolute Gasteiger partial charge is 0.300 e. The summed E-state index contributed by atoms with van der Waals surface area (Å²) in [5, 5.41) is 0.395. The van der Waals surface area contributed by atoms with Gasteiger partial charge in [-0.05, 0) is 24.3 Å². The third kappa shape index (κ3) is 3.92. The zero-order chi connectivity index (χ0) is 13.7. The van der Waals surface area contributed by atoms with E-state index in [0.29, 0.717) is 9.92 Å². The van der Waals surface area contributed by atoms with E-state index in [1.54, 1.807) is 0 Å². The summed E-state index contributed by atoms with van der Waals surface area (Å²) in [5.41, 5.74) is 0.170. The van der Waals surface area contributed by atoms with E-state index in [4.69, 9.17) is 23.2 Å². The van der Waals surface area contributed by atoms with Crippen LogP contribution in [0.5, 0.6) is 0 Å². The van der Waals surface area contributed by atoms with Gasteiger partial charge in [0, 0.05) is 10.7 Å². The Labute approximate surface area is 112 Å². The molecule has 18 heavy (non-hydrogen) atoms. The number of rotatable bonds is 5. The summed E-state index contributed by atoms with van der Waals surface area (Å²) in [7, 11) is 0. The molecule has 0 radical (unpaired) electrons. The van der Waals surface area contributed by atoms with E-state index in [2.05, 4.69) is 0 Å². The number of carbonyl (C=O) groups is 2. The molecule has 0 atom stereocenters. The monoisotopic (exact) mass is 295 g/mol. The van der Waals surface area contributed by atoms with Crippen LogP contribution in [0.2, 0.25) is 5.02 Å². The average Bonchev–Trinajstić information content (AvgIpc) is 2.36. The Bertz CT molecular complexity index is 437. The number of hydrogen-bond acceptors (Lipinski definition) is 2. The lowest BCUT2D eigenvalue weighted by molar-refractivity contribution is -0.130. The molecule has 98 valence electrons. The highest BCUT2D eigenvalue weighted by molar-refractivity contribution is 6.30. The van der Waals surface area contributed by atoms with Crippen molar-refractivity contribution in [2.75, 3.05) is 17.3 Å². The first kappa shape index (κ1) is 14.9. The maximum Gasteiger partial charge on any atom is 0.316 e. The molecule has 0 N–H and O–H groups in total. The van der Waals surface area contributed by atoms with Crippen molar-refractivity contribution in [1.82, 2.24) is 0 Å². The number of nitrogens with zero attached hydrogens (tertiary/aromatic N) is 1. The fourth-order valence-electron chi connectivity index (χ4n) is 1.25. The molecule has 3 nitrogen and oxygen atoms in total. The molecule has 0 aliphatic rings. The van der Waals surface area contributed by atoms with E-state index in [-0.39, 0.29) is 11.6 Å². The molecule has 1 aromatic carbocycles. The van der Waals surface area contributed by atoms with Gasteiger partial charge in [0.1, 0.15) is 0 Å². The zero-order valence-electron chi connectivity index (χ0n) is 9.08. The van der Waals surface area contributed by atoms with Crippen LogP contribution in [-0.4, -0.2) is 30.5 Å². The van der Waals surface area contributed by atoms with Gasteiger partial charge in [-0.3, -0.25) is 14.5 Å². The fourth-order valence-corrected chi connectivity index (χ4v) is 1.46. The highest BCUT2D eigenvalue weighted by Gasteiger charge is 2.26. The zero-order valence-corrected chi connectivity index (χ0v) is 10.6. The van der Waals surface area contributed by atoms with E-state index in [1.165, 1.54) is 24.3 Å². The first-order valence-corrected chi connectivity index (χ1v) is 5.79. The van der Waals surface area contributed by atoms with Crippen LogP contribution < -0.4 is 4.90 Å². The summed E-state index contributed by atoms with van der Waals surface area (Å²) < 4.78 is 24.9. The first-order chi connectivity index (χ1) is 8.45. The minimum absolute atomic E-state index is 0.170. The van der Waals surface area contributed by atoms with Gasteiger partial charge < -0.3 is 0 Å². The Morgan fingerprint density at radius 1 is 1.22 bits per heavy atom. The molecule has 1 aromatic rings. The molecule has 0 bridgehead atoms. The molecule has 0 fully saturated rings. The van der Waals surface area contributed by atoms with Crippen LogP contribution in [0.15, 0.2) is 24.3 Å². The number of hydrogen-bond donors (Lipinski definition) is 0. The predicted molar refractivity (Wildman–Crippen MR) is 65.5 cm³/mol. The third-order valence-electron chi connectivity index (χ3n) is 2.07. The van der Waals surface area contributed by atoms with Crippen LogP contribution in [0.1, 0.15) is 0 Å². The van der Waals surface area contributed by atoms with E-state index in [1.807, 2.05) is 0 Å². The SMILES string of the molecule is O=C(CCl)CN(C(=O)C(F)F)c1ccc(Cl)cc1. The number of carbonyl (C=O) groups excluding carboxylic acids is 2. The molecule has 7 heteroatoms. The molecule has 0 aliphatic carbocycles. The van der Waals surface area contributed by atoms with Crippen LogP contribution in [0.4, 0.5) is 14.5 Å². The largest absolute Gasteiger partial charge is 0.316 e. The van der Waals surface area contributed by atoms with Gasteiger partial charge in [-0.25, -0.2) is 0 Å². The topological polar surface area (TPSA) is 37.4 Å². The number of amides is 1.